The van der Waals surface area contributed by atoms with Gasteiger partial charge in [0, 0.05) is 18.3 Å². The van der Waals surface area contributed by atoms with Gasteiger partial charge in [-0.25, -0.2) is 4.98 Å². The minimum atomic E-state index is -0.408. The average molecular weight is 327 g/mol. The molecule has 1 aliphatic rings. The van der Waals surface area contributed by atoms with Crippen LogP contribution in [-0.4, -0.2) is 22.6 Å². The van der Waals surface area contributed by atoms with Crippen molar-refractivity contribution in [3.63, 3.8) is 0 Å². The van der Waals surface area contributed by atoms with E-state index in [1.807, 2.05) is 13.0 Å². The van der Waals surface area contributed by atoms with Crippen molar-refractivity contribution in [2.24, 2.45) is 5.92 Å². The molecular weight excluding hydrogens is 306 g/mol. The highest BCUT2D eigenvalue weighted by Crippen LogP contribution is 2.30. The quantitative estimate of drug-likeness (QED) is 0.916. The number of amides is 1. The molecule has 126 valence electrons. The number of hydrogen-bond donors (Lipinski definition) is 1. The molecule has 0 aliphatic heterocycles. The first-order valence-corrected chi connectivity index (χ1v) is 8.02. The number of ether oxygens (including phenoxy) is 1. The fourth-order valence-electron chi connectivity index (χ4n) is 2.76. The smallest absolute Gasteiger partial charge is 0.263 e. The number of pyridine rings is 2. The second kappa shape index (κ2) is 6.47. The van der Waals surface area contributed by atoms with Crippen molar-refractivity contribution < 1.29 is 9.53 Å². The van der Waals surface area contributed by atoms with Crippen LogP contribution in [0.1, 0.15) is 34.5 Å². The second-order valence-corrected chi connectivity index (χ2v) is 6.25. The second-order valence-electron chi connectivity index (χ2n) is 6.25. The first-order chi connectivity index (χ1) is 11.5. The molecule has 1 fully saturated rings. The standard InChI is InChI=1S/C18H21N3O3/c1-11-8-12(2)21(10-13-4-5-13)18(23)16(11)17(22)20-14-6-7-15(24-3)19-9-14/h6-9,13H,4-5,10H2,1-3H3,(H,20,22). The lowest BCUT2D eigenvalue weighted by Crippen LogP contribution is -2.32. The topological polar surface area (TPSA) is 73.2 Å². The zero-order valence-corrected chi connectivity index (χ0v) is 14.1. The van der Waals surface area contributed by atoms with Crippen molar-refractivity contribution in [3.8, 4) is 5.88 Å². The molecule has 0 radical (unpaired) electrons. The number of anilines is 1. The number of methoxy groups -OCH3 is 1. The lowest BCUT2D eigenvalue weighted by atomic mass is 10.1. The number of nitrogens with one attached hydrogen (secondary N) is 1. The van der Waals surface area contributed by atoms with Gasteiger partial charge in [0.15, 0.2) is 0 Å². The number of hydrogen-bond acceptors (Lipinski definition) is 4. The molecule has 0 saturated heterocycles. The van der Waals surface area contributed by atoms with Crippen molar-refractivity contribution in [2.75, 3.05) is 12.4 Å². The normalized spacial score (nSPS) is 13.6. The molecule has 2 heterocycles. The Hall–Kier alpha value is -2.63. The van der Waals surface area contributed by atoms with Crippen LogP contribution >= 0.6 is 0 Å². The van der Waals surface area contributed by atoms with Crippen LogP contribution in [0.3, 0.4) is 0 Å². The molecule has 0 spiro atoms. The van der Waals surface area contributed by atoms with Gasteiger partial charge in [-0.05, 0) is 50.3 Å². The lowest BCUT2D eigenvalue weighted by molar-refractivity contribution is 0.102. The van der Waals surface area contributed by atoms with E-state index >= 15 is 0 Å². The van der Waals surface area contributed by atoms with Gasteiger partial charge in [0.2, 0.25) is 5.88 Å². The van der Waals surface area contributed by atoms with Crippen molar-refractivity contribution in [1.29, 1.82) is 0 Å². The summed E-state index contributed by atoms with van der Waals surface area (Å²) in [6.45, 7) is 4.39. The van der Waals surface area contributed by atoms with E-state index in [4.69, 9.17) is 4.74 Å². The fourth-order valence-corrected chi connectivity index (χ4v) is 2.76. The molecule has 1 N–H and O–H groups in total. The molecule has 1 amide bonds. The zero-order valence-electron chi connectivity index (χ0n) is 14.1. The summed E-state index contributed by atoms with van der Waals surface area (Å²) in [5.74, 6) is 0.617. The van der Waals surface area contributed by atoms with Crippen molar-refractivity contribution in [3.05, 3.63) is 51.6 Å². The number of nitrogens with zero attached hydrogens (tertiary/aromatic N) is 2. The number of aromatic nitrogens is 2. The summed E-state index contributed by atoms with van der Waals surface area (Å²) in [6.07, 6.45) is 3.81. The van der Waals surface area contributed by atoms with E-state index < -0.39 is 5.91 Å². The SMILES string of the molecule is COc1ccc(NC(=O)c2c(C)cc(C)n(CC3CC3)c2=O)cn1. The maximum absolute atomic E-state index is 12.8. The van der Waals surface area contributed by atoms with E-state index in [9.17, 15) is 9.59 Å². The summed E-state index contributed by atoms with van der Waals surface area (Å²) < 4.78 is 6.71. The maximum atomic E-state index is 12.8. The predicted molar refractivity (Wildman–Crippen MR) is 91.6 cm³/mol. The largest absolute Gasteiger partial charge is 0.481 e. The van der Waals surface area contributed by atoms with Gasteiger partial charge in [-0.3, -0.25) is 9.59 Å². The molecule has 1 aliphatic carbocycles. The molecule has 2 aromatic rings. The number of carbonyl (C=O) groups excluding carboxylic acids is 1. The fraction of sp³-hybridized carbons (Fsp3) is 0.389. The summed E-state index contributed by atoms with van der Waals surface area (Å²) in [6, 6.07) is 5.24. The van der Waals surface area contributed by atoms with Gasteiger partial charge < -0.3 is 14.6 Å². The van der Waals surface area contributed by atoms with Gasteiger partial charge in [0.05, 0.1) is 19.0 Å². The van der Waals surface area contributed by atoms with Crippen molar-refractivity contribution >= 4 is 11.6 Å². The Morgan fingerprint density at radius 3 is 2.71 bits per heavy atom. The van der Waals surface area contributed by atoms with Gasteiger partial charge in [0.25, 0.3) is 11.5 Å². The first-order valence-electron chi connectivity index (χ1n) is 8.02. The van der Waals surface area contributed by atoms with Crippen LogP contribution in [0, 0.1) is 19.8 Å². The maximum Gasteiger partial charge on any atom is 0.263 e. The molecule has 0 atom stereocenters. The van der Waals surface area contributed by atoms with E-state index in [0.717, 1.165) is 18.5 Å². The van der Waals surface area contributed by atoms with Crippen molar-refractivity contribution in [1.82, 2.24) is 9.55 Å². The summed E-state index contributed by atoms with van der Waals surface area (Å²) in [4.78, 5) is 29.4. The molecular formula is C18H21N3O3. The summed E-state index contributed by atoms with van der Waals surface area (Å²) in [7, 11) is 1.53. The molecule has 3 rings (SSSR count). The Balaban J connectivity index is 1.89. The lowest BCUT2D eigenvalue weighted by Gasteiger charge is -2.14. The summed E-state index contributed by atoms with van der Waals surface area (Å²) >= 11 is 0. The van der Waals surface area contributed by atoms with Crippen LogP contribution in [0.2, 0.25) is 0 Å². The first kappa shape index (κ1) is 16.2. The Labute approximate surface area is 140 Å². The highest BCUT2D eigenvalue weighted by Gasteiger charge is 2.25. The average Bonchev–Trinajstić information content (AvgIpc) is 3.36. The molecule has 24 heavy (non-hydrogen) atoms. The third kappa shape index (κ3) is 3.32. The van der Waals surface area contributed by atoms with Crippen LogP contribution < -0.4 is 15.6 Å². The van der Waals surface area contributed by atoms with Crippen molar-refractivity contribution in [2.45, 2.75) is 33.2 Å². The molecule has 6 nitrogen and oxygen atoms in total. The molecule has 0 bridgehead atoms. The monoisotopic (exact) mass is 327 g/mol. The minimum Gasteiger partial charge on any atom is -0.481 e. The third-order valence-electron chi connectivity index (χ3n) is 4.27. The van der Waals surface area contributed by atoms with E-state index in [1.165, 1.54) is 13.3 Å². The molecule has 2 aromatic heterocycles. The van der Waals surface area contributed by atoms with Gasteiger partial charge in [-0.1, -0.05) is 0 Å². The van der Waals surface area contributed by atoms with E-state index in [-0.39, 0.29) is 11.1 Å². The van der Waals surface area contributed by atoms with E-state index in [2.05, 4.69) is 10.3 Å². The third-order valence-corrected chi connectivity index (χ3v) is 4.27. The van der Waals surface area contributed by atoms with E-state index in [0.29, 0.717) is 29.6 Å². The molecule has 0 unspecified atom stereocenters. The number of rotatable bonds is 5. The Kier molecular flexibility index (Phi) is 4.38. The van der Waals surface area contributed by atoms with Gasteiger partial charge in [-0.2, -0.15) is 0 Å². The minimum absolute atomic E-state index is 0.192. The summed E-state index contributed by atoms with van der Waals surface area (Å²) in [5, 5.41) is 2.74. The number of aryl methyl sites for hydroxylation is 2. The van der Waals surface area contributed by atoms with Crippen LogP contribution in [0.25, 0.3) is 0 Å². The van der Waals surface area contributed by atoms with Gasteiger partial charge in [-0.15, -0.1) is 0 Å². The zero-order chi connectivity index (χ0) is 17.3. The Morgan fingerprint density at radius 2 is 2.12 bits per heavy atom. The van der Waals surface area contributed by atoms with Crippen LogP contribution in [0.15, 0.2) is 29.2 Å². The Bertz CT molecular complexity index is 821. The molecule has 0 aromatic carbocycles. The van der Waals surface area contributed by atoms with E-state index in [1.54, 1.807) is 23.6 Å². The summed E-state index contributed by atoms with van der Waals surface area (Å²) in [5.41, 5.74) is 2.07. The van der Waals surface area contributed by atoms with Crippen LogP contribution in [-0.2, 0) is 6.54 Å². The predicted octanol–water partition coefficient (Wildman–Crippen LogP) is 2.53. The van der Waals surface area contributed by atoms with Gasteiger partial charge in [0.1, 0.15) is 5.56 Å². The molecule has 1 saturated carbocycles. The highest BCUT2D eigenvalue weighted by atomic mass is 16.5. The number of carbonyl (C=O) groups is 1. The highest BCUT2D eigenvalue weighted by molar-refractivity contribution is 6.04. The molecule has 6 heteroatoms. The van der Waals surface area contributed by atoms with Crippen LogP contribution in [0.5, 0.6) is 5.88 Å². The Morgan fingerprint density at radius 1 is 1.38 bits per heavy atom. The van der Waals surface area contributed by atoms with Crippen LogP contribution in [0.4, 0.5) is 5.69 Å². The van der Waals surface area contributed by atoms with Gasteiger partial charge >= 0.3 is 0 Å².